The molecule has 1 aliphatic heterocycles. The molecule has 19 heavy (non-hydrogen) atoms. The monoisotopic (exact) mass is 253 g/mol. The molecule has 1 aromatic carbocycles. The van der Waals surface area contributed by atoms with Gasteiger partial charge in [0.2, 0.25) is 0 Å². The molecule has 2 N–H and O–H groups in total. The van der Waals surface area contributed by atoms with E-state index >= 15 is 0 Å². The Hall–Kier alpha value is -2.00. The molecule has 98 valence electrons. The third-order valence-electron chi connectivity index (χ3n) is 2.93. The van der Waals surface area contributed by atoms with Gasteiger partial charge in [0.25, 0.3) is 0 Å². The lowest BCUT2D eigenvalue weighted by molar-refractivity contribution is 0.801. The fraction of sp³-hybridized carbons (Fsp3) is 0.250. The molecule has 1 heterocycles. The highest BCUT2D eigenvalue weighted by Gasteiger charge is 2.11. The highest BCUT2D eigenvalue weighted by molar-refractivity contribution is 5.85. The molecule has 0 spiro atoms. The minimum Gasteiger partial charge on any atom is -0.318 e. The topological polar surface area (TPSA) is 50.7 Å². The van der Waals surface area contributed by atoms with Crippen molar-refractivity contribution in [3.63, 3.8) is 0 Å². The second-order valence-corrected chi connectivity index (χ2v) is 4.94. The molecule has 1 aliphatic rings. The van der Waals surface area contributed by atoms with Gasteiger partial charge in [-0.15, -0.1) is 0 Å². The summed E-state index contributed by atoms with van der Waals surface area (Å²) in [6.45, 7) is 3.98. The smallest absolute Gasteiger partial charge is 0.0805 e. The van der Waals surface area contributed by atoms with Gasteiger partial charge >= 0.3 is 0 Å². The Bertz CT molecular complexity index is 536. The summed E-state index contributed by atoms with van der Waals surface area (Å²) in [6.07, 6.45) is 9.27. The Labute approximate surface area is 114 Å². The van der Waals surface area contributed by atoms with E-state index in [2.05, 4.69) is 29.0 Å². The average molecular weight is 253 g/mol. The fourth-order valence-corrected chi connectivity index (χ4v) is 1.74. The maximum atomic E-state index is 5.97. The number of hydrogen-bond donors (Lipinski definition) is 1. The summed E-state index contributed by atoms with van der Waals surface area (Å²) in [5, 5.41) is 0. The number of aliphatic imine (C=N–C) groups is 2. The SMILES string of the molecule is C[C@H](N=CC1=CC=CC(C)(N)C=N1)c1ccccc1. The molecule has 0 amide bonds. The van der Waals surface area contributed by atoms with Crippen molar-refractivity contribution in [1.29, 1.82) is 0 Å². The van der Waals surface area contributed by atoms with Gasteiger partial charge in [-0.25, -0.2) is 0 Å². The zero-order valence-corrected chi connectivity index (χ0v) is 11.3. The average Bonchev–Trinajstić information content (AvgIpc) is 2.58. The van der Waals surface area contributed by atoms with E-state index in [4.69, 9.17) is 5.73 Å². The predicted molar refractivity (Wildman–Crippen MR) is 81.7 cm³/mol. The first-order valence-electron chi connectivity index (χ1n) is 6.38. The van der Waals surface area contributed by atoms with Crippen molar-refractivity contribution in [2.24, 2.45) is 15.7 Å². The minimum atomic E-state index is -0.489. The lowest BCUT2D eigenvalue weighted by atomic mass is 10.1. The van der Waals surface area contributed by atoms with Crippen molar-refractivity contribution in [2.45, 2.75) is 25.4 Å². The highest BCUT2D eigenvalue weighted by atomic mass is 14.8. The van der Waals surface area contributed by atoms with E-state index in [0.29, 0.717) is 0 Å². The molecule has 3 heteroatoms. The van der Waals surface area contributed by atoms with Crippen LogP contribution in [0.4, 0.5) is 0 Å². The molecular formula is C16H19N3. The van der Waals surface area contributed by atoms with Crippen LogP contribution in [-0.4, -0.2) is 18.0 Å². The second-order valence-electron chi connectivity index (χ2n) is 4.94. The summed E-state index contributed by atoms with van der Waals surface area (Å²) < 4.78 is 0. The van der Waals surface area contributed by atoms with E-state index in [1.807, 2.05) is 43.4 Å². The number of benzene rings is 1. The zero-order valence-electron chi connectivity index (χ0n) is 11.3. The molecule has 2 atom stereocenters. The molecule has 0 aliphatic carbocycles. The summed E-state index contributed by atoms with van der Waals surface area (Å²) in [6, 6.07) is 10.3. The fourth-order valence-electron chi connectivity index (χ4n) is 1.74. The van der Waals surface area contributed by atoms with Crippen LogP contribution in [-0.2, 0) is 0 Å². The van der Waals surface area contributed by atoms with Gasteiger partial charge in [-0.2, -0.15) is 0 Å². The van der Waals surface area contributed by atoms with Crippen LogP contribution < -0.4 is 5.73 Å². The Balaban J connectivity index is 2.08. The third kappa shape index (κ3) is 4.00. The van der Waals surface area contributed by atoms with Gasteiger partial charge in [0, 0.05) is 12.4 Å². The molecule has 2 rings (SSSR count). The number of nitrogens with two attached hydrogens (primary N) is 1. The second kappa shape index (κ2) is 5.76. The molecule has 0 saturated carbocycles. The Morgan fingerprint density at radius 3 is 2.79 bits per heavy atom. The molecule has 3 nitrogen and oxygen atoms in total. The first-order chi connectivity index (χ1) is 9.07. The van der Waals surface area contributed by atoms with E-state index in [9.17, 15) is 0 Å². The van der Waals surface area contributed by atoms with Crippen molar-refractivity contribution in [2.75, 3.05) is 0 Å². The normalized spacial score (nSPS) is 24.3. The molecule has 1 unspecified atom stereocenters. The Morgan fingerprint density at radius 2 is 2.05 bits per heavy atom. The summed E-state index contributed by atoms with van der Waals surface area (Å²) in [5.74, 6) is 0. The largest absolute Gasteiger partial charge is 0.318 e. The summed E-state index contributed by atoms with van der Waals surface area (Å²) in [5.41, 5.74) is 7.49. The number of rotatable bonds is 3. The van der Waals surface area contributed by atoms with Crippen molar-refractivity contribution in [3.8, 4) is 0 Å². The van der Waals surface area contributed by atoms with Crippen LogP contribution >= 0.6 is 0 Å². The van der Waals surface area contributed by atoms with Crippen LogP contribution in [0.5, 0.6) is 0 Å². The Kier molecular flexibility index (Phi) is 4.07. The molecular weight excluding hydrogens is 234 g/mol. The van der Waals surface area contributed by atoms with Gasteiger partial charge < -0.3 is 5.73 Å². The maximum Gasteiger partial charge on any atom is 0.0805 e. The Morgan fingerprint density at radius 1 is 1.32 bits per heavy atom. The molecule has 0 saturated heterocycles. The van der Waals surface area contributed by atoms with Crippen LogP contribution in [0.1, 0.15) is 25.5 Å². The van der Waals surface area contributed by atoms with Crippen LogP contribution in [0, 0.1) is 0 Å². The van der Waals surface area contributed by atoms with Crippen LogP contribution in [0.25, 0.3) is 0 Å². The summed E-state index contributed by atoms with van der Waals surface area (Å²) >= 11 is 0. The third-order valence-corrected chi connectivity index (χ3v) is 2.93. The van der Waals surface area contributed by atoms with Crippen LogP contribution in [0.2, 0.25) is 0 Å². The van der Waals surface area contributed by atoms with Gasteiger partial charge in [0.15, 0.2) is 0 Å². The van der Waals surface area contributed by atoms with Crippen LogP contribution in [0.3, 0.4) is 0 Å². The van der Waals surface area contributed by atoms with E-state index in [1.54, 1.807) is 12.4 Å². The molecule has 0 radical (unpaired) electrons. The minimum absolute atomic E-state index is 0.119. The van der Waals surface area contributed by atoms with E-state index in [-0.39, 0.29) is 6.04 Å². The number of nitrogens with zero attached hydrogens (tertiary/aromatic N) is 2. The summed E-state index contributed by atoms with van der Waals surface area (Å²) in [4.78, 5) is 8.87. The van der Waals surface area contributed by atoms with Gasteiger partial charge in [-0.3, -0.25) is 9.98 Å². The molecule has 1 aromatic rings. The van der Waals surface area contributed by atoms with E-state index in [0.717, 1.165) is 5.70 Å². The van der Waals surface area contributed by atoms with Crippen molar-refractivity contribution in [1.82, 2.24) is 0 Å². The van der Waals surface area contributed by atoms with Crippen molar-refractivity contribution < 1.29 is 0 Å². The van der Waals surface area contributed by atoms with Crippen molar-refractivity contribution >= 4 is 12.4 Å². The first-order valence-corrected chi connectivity index (χ1v) is 6.38. The lowest BCUT2D eigenvalue weighted by Gasteiger charge is -2.11. The predicted octanol–water partition coefficient (Wildman–Crippen LogP) is 3.06. The van der Waals surface area contributed by atoms with Gasteiger partial charge in [0.1, 0.15) is 0 Å². The molecule has 0 bridgehead atoms. The number of allylic oxidation sites excluding steroid dienone is 3. The van der Waals surface area contributed by atoms with Gasteiger partial charge in [-0.05, 0) is 25.5 Å². The standard InChI is InChI=1S/C16H19N3/c1-13(14-7-4-3-5-8-14)18-11-15-9-6-10-16(2,17)12-19-15/h3-13H,17H2,1-2H3/t13-,16?/m0/s1. The van der Waals surface area contributed by atoms with Crippen molar-refractivity contribution in [3.05, 3.63) is 59.8 Å². The molecule has 0 fully saturated rings. The van der Waals surface area contributed by atoms with E-state index < -0.39 is 5.54 Å². The zero-order chi connectivity index (χ0) is 13.7. The van der Waals surface area contributed by atoms with Gasteiger partial charge in [0.05, 0.1) is 17.3 Å². The quantitative estimate of drug-likeness (QED) is 0.827. The number of hydrogen-bond acceptors (Lipinski definition) is 3. The van der Waals surface area contributed by atoms with Gasteiger partial charge in [-0.1, -0.05) is 42.5 Å². The maximum absolute atomic E-state index is 5.97. The summed E-state index contributed by atoms with van der Waals surface area (Å²) in [7, 11) is 0. The lowest BCUT2D eigenvalue weighted by Crippen LogP contribution is -2.34. The van der Waals surface area contributed by atoms with E-state index in [1.165, 1.54) is 5.56 Å². The van der Waals surface area contributed by atoms with Crippen LogP contribution in [0.15, 0.2) is 64.2 Å². The molecule has 0 aromatic heterocycles. The first kappa shape index (κ1) is 13.4. The highest BCUT2D eigenvalue weighted by Crippen LogP contribution is 2.16.